The average molecular weight is 1600 g/mol. The van der Waals surface area contributed by atoms with E-state index in [1.807, 2.05) is 0 Å². The van der Waals surface area contributed by atoms with Gasteiger partial charge in [0.05, 0.1) is 0 Å². The molecule has 0 radical (unpaired) electrons. The van der Waals surface area contributed by atoms with Crippen molar-refractivity contribution in [1.29, 1.82) is 0 Å². The summed E-state index contributed by atoms with van der Waals surface area (Å²) in [7, 11) is 0. The molecule has 0 heterocycles. The highest BCUT2D eigenvalue weighted by Crippen LogP contribution is 2.51. The van der Waals surface area contributed by atoms with Crippen LogP contribution in [0.2, 0.25) is 0 Å². The quantitative estimate of drug-likeness (QED) is 0.107. The Kier molecular flexibility index (Phi) is 20.2. The van der Waals surface area contributed by atoms with E-state index in [0.29, 0.717) is 0 Å². The van der Waals surface area contributed by atoms with Crippen molar-refractivity contribution in [2.75, 3.05) is 0 Å². The van der Waals surface area contributed by atoms with Gasteiger partial charge in [-0.3, -0.25) is 0 Å². The first-order valence-electron chi connectivity index (χ1n) is 43.6. The van der Waals surface area contributed by atoms with E-state index in [4.69, 9.17) is 0 Å². The van der Waals surface area contributed by atoms with Gasteiger partial charge in [-0.1, -0.05) is 491 Å². The number of hydrogen-bond acceptors (Lipinski definition) is 0. The van der Waals surface area contributed by atoms with Crippen LogP contribution < -0.4 is 0 Å². The van der Waals surface area contributed by atoms with Crippen molar-refractivity contribution in [3.05, 3.63) is 510 Å². The number of rotatable bonds is 12. The Morgan fingerprint density at radius 2 is 0.286 bits per heavy atom. The molecule has 24 rings (SSSR count). The van der Waals surface area contributed by atoms with E-state index in [0.717, 1.165) is 0 Å². The van der Waals surface area contributed by atoms with Crippen LogP contribution in [0, 0.1) is 0 Å². The lowest BCUT2D eigenvalue weighted by atomic mass is 9.83. The van der Waals surface area contributed by atoms with E-state index in [-0.39, 0.29) is 0 Å². The Bertz CT molecular complexity index is 8020. The smallest absolute Gasteiger partial charge is 0.00201 e. The molecule has 0 aliphatic heterocycles. The highest BCUT2D eigenvalue weighted by atomic mass is 14.3. The minimum Gasteiger partial charge on any atom is -0.0622 e. The van der Waals surface area contributed by atoms with E-state index < -0.39 is 0 Å². The molecule has 0 atom stereocenters. The molecule has 0 N–H and O–H groups in total. The van der Waals surface area contributed by atoms with E-state index in [9.17, 15) is 0 Å². The Labute approximate surface area is 734 Å². The molecule has 588 valence electrons. The molecule has 0 spiro atoms. The van der Waals surface area contributed by atoms with Gasteiger partial charge >= 0.3 is 0 Å². The van der Waals surface area contributed by atoms with Crippen LogP contribution in [-0.2, 0) is 0 Å². The molecule has 0 unspecified atom stereocenters. The molecule has 24 aromatic carbocycles. The monoisotopic (exact) mass is 1600 g/mol. The van der Waals surface area contributed by atoms with Gasteiger partial charge in [-0.05, 0) is 249 Å². The summed E-state index contributed by atoms with van der Waals surface area (Å²) in [6.45, 7) is 0. The fraction of sp³-hybridized carbons (Fsp3) is 0. The highest BCUT2D eigenvalue weighted by molar-refractivity contribution is 6.25. The summed E-state index contributed by atoms with van der Waals surface area (Å²) in [5, 5.41) is 22.9. The summed E-state index contributed by atoms with van der Waals surface area (Å²) in [4.78, 5) is 0. The van der Waals surface area contributed by atoms with Gasteiger partial charge in [0.2, 0.25) is 0 Å². The molecule has 126 heavy (non-hydrogen) atoms. The van der Waals surface area contributed by atoms with E-state index >= 15 is 0 Å². The van der Waals surface area contributed by atoms with E-state index in [1.54, 1.807) is 0 Å². The minimum atomic E-state index is 1.23. The van der Waals surface area contributed by atoms with Crippen molar-refractivity contribution < 1.29 is 0 Å². The lowest BCUT2D eigenvalue weighted by molar-refractivity contribution is 1.60. The van der Waals surface area contributed by atoms with E-state index in [2.05, 4.69) is 510 Å². The molecule has 0 fully saturated rings. The van der Waals surface area contributed by atoms with Crippen LogP contribution in [0.5, 0.6) is 0 Å². The predicted molar refractivity (Wildman–Crippen MR) is 542 cm³/mol. The Morgan fingerprint density at radius 3 is 0.659 bits per heavy atom. The largest absolute Gasteiger partial charge is 0.0622 e. The summed E-state index contributed by atoms with van der Waals surface area (Å²) in [6, 6.07) is 185. The van der Waals surface area contributed by atoms with Gasteiger partial charge in [0.25, 0.3) is 0 Å². The zero-order valence-electron chi connectivity index (χ0n) is 69.5. The minimum absolute atomic E-state index is 1.23. The molecule has 0 aromatic heterocycles. The van der Waals surface area contributed by atoms with Gasteiger partial charge in [-0.2, -0.15) is 0 Å². The van der Waals surface area contributed by atoms with Crippen LogP contribution in [0.15, 0.2) is 510 Å². The van der Waals surface area contributed by atoms with Gasteiger partial charge < -0.3 is 0 Å². The Balaban J connectivity index is 0.000000112. The molecule has 0 nitrogen and oxygen atoms in total. The normalized spacial score (nSPS) is 11.3. The molecule has 0 bridgehead atoms. The van der Waals surface area contributed by atoms with Crippen LogP contribution >= 0.6 is 0 Å². The summed E-state index contributed by atoms with van der Waals surface area (Å²) in [5.74, 6) is 0. The van der Waals surface area contributed by atoms with Crippen LogP contribution in [-0.4, -0.2) is 0 Å². The molecule has 0 aliphatic carbocycles. The zero-order valence-corrected chi connectivity index (χ0v) is 69.5. The Hall–Kier alpha value is -16.4. The second-order valence-electron chi connectivity index (χ2n) is 32.7. The fourth-order valence-electron chi connectivity index (χ4n) is 19.5. The van der Waals surface area contributed by atoms with Gasteiger partial charge in [-0.25, -0.2) is 0 Å². The maximum atomic E-state index is 2.33. The summed E-state index contributed by atoms with van der Waals surface area (Å²) >= 11 is 0. The summed E-state index contributed by atoms with van der Waals surface area (Å²) in [5.41, 5.74) is 30.0. The van der Waals surface area contributed by atoms with Crippen LogP contribution in [0.1, 0.15) is 0 Å². The standard InChI is InChI=1S/3C42H28/c1-2-11-29(12-3-1)34-15-10-16-36(28-34)42-39-19-8-6-17-37(39)41(38-18-7-9-20-40(38)42)32-24-21-31(22-25-32)35-26-23-30-13-4-5-14-33(30)27-35;1-2-13-29(14-3-1)35-18-6-7-19-36(35)42-39-22-10-8-20-37(39)41(38-21-9-11-23-40(38)42)32-27-25-31(26-28-32)34-24-12-16-30-15-4-5-17-33(30)34;1-2-13-31(14-3-1)35-16-6-7-17-36(35)42-39-20-10-8-18-37(39)41(38-19-9-11-21-40(38)42)32-25-22-30(23-26-32)34-27-24-29-12-4-5-15-33(29)28-34/h3*1-28H. The van der Waals surface area contributed by atoms with Crippen molar-refractivity contribution in [1.82, 2.24) is 0 Å². The van der Waals surface area contributed by atoms with Gasteiger partial charge in [0.15, 0.2) is 0 Å². The van der Waals surface area contributed by atoms with Gasteiger partial charge in [-0.15, -0.1) is 0 Å². The van der Waals surface area contributed by atoms with Gasteiger partial charge in [0, 0.05) is 0 Å². The molecule has 0 aliphatic rings. The maximum absolute atomic E-state index is 2.33. The average Bonchev–Trinajstić information content (AvgIpc) is 0.737. The summed E-state index contributed by atoms with van der Waals surface area (Å²) < 4.78 is 0. The third kappa shape index (κ3) is 14.3. The third-order valence-corrected chi connectivity index (χ3v) is 25.4. The zero-order chi connectivity index (χ0) is 83.6. The molecule has 0 amide bonds. The number of hydrogen-bond donors (Lipinski definition) is 0. The lowest BCUT2D eigenvalue weighted by Crippen LogP contribution is -1.92. The predicted octanol–water partition coefficient (Wildman–Crippen LogP) is 35.4. The summed E-state index contributed by atoms with van der Waals surface area (Å²) in [6.07, 6.45) is 0. The SMILES string of the molecule is c1ccc(-c2cccc(-c3c4ccccc4c(-c4ccc(-c5ccc6ccccc6c5)cc4)c4ccccc34)c2)cc1.c1ccc(-c2ccccc2-c2c3ccccc3c(-c3ccc(-c4ccc5ccccc5c4)cc3)c3ccccc23)cc1.c1ccc(-c2ccccc2-c2c3ccccc3c(-c3ccc(-c4cccc5ccccc45)cc3)c3ccccc23)cc1. The van der Waals surface area contributed by atoms with Crippen molar-refractivity contribution >= 4 is 97.0 Å². The van der Waals surface area contributed by atoms with Gasteiger partial charge in [0.1, 0.15) is 0 Å². The van der Waals surface area contributed by atoms with Crippen LogP contribution in [0.4, 0.5) is 0 Å². The van der Waals surface area contributed by atoms with Crippen molar-refractivity contribution in [3.63, 3.8) is 0 Å². The second-order valence-corrected chi connectivity index (χ2v) is 32.7. The lowest BCUT2D eigenvalue weighted by Gasteiger charge is -2.20. The Morgan fingerprint density at radius 1 is 0.0794 bits per heavy atom. The van der Waals surface area contributed by atoms with Crippen LogP contribution in [0.25, 0.3) is 230 Å². The fourth-order valence-corrected chi connectivity index (χ4v) is 19.5. The third-order valence-electron chi connectivity index (χ3n) is 25.4. The van der Waals surface area contributed by atoms with Crippen molar-refractivity contribution in [2.45, 2.75) is 0 Å². The maximum Gasteiger partial charge on any atom is -0.00201 e. The number of fused-ring (bicyclic) bond motifs is 9. The van der Waals surface area contributed by atoms with Crippen molar-refractivity contribution in [2.24, 2.45) is 0 Å². The first-order chi connectivity index (χ1) is 62.5. The highest BCUT2D eigenvalue weighted by Gasteiger charge is 2.24. The topological polar surface area (TPSA) is 0 Å². The molecule has 0 saturated carbocycles. The van der Waals surface area contributed by atoms with Crippen LogP contribution in [0.3, 0.4) is 0 Å². The number of benzene rings is 24. The molecular formula is C126H84. The first-order valence-corrected chi connectivity index (χ1v) is 43.6. The first kappa shape index (κ1) is 75.8. The van der Waals surface area contributed by atoms with E-state index in [1.165, 1.54) is 230 Å². The second kappa shape index (κ2) is 33.6. The molecule has 0 saturated heterocycles. The molecular weight excluding hydrogens is 1510 g/mol. The molecule has 24 aromatic rings. The molecule has 0 heteroatoms. The van der Waals surface area contributed by atoms with Crippen molar-refractivity contribution in [3.8, 4) is 134 Å².